The van der Waals surface area contributed by atoms with Crippen LogP contribution in [-0.4, -0.2) is 36.8 Å². The van der Waals surface area contributed by atoms with E-state index in [2.05, 4.69) is 55.5 Å². The van der Waals surface area contributed by atoms with Crippen LogP contribution in [0.3, 0.4) is 0 Å². The molecule has 3 rings (SSSR count). The molecule has 1 saturated heterocycles. The third-order valence-electron chi connectivity index (χ3n) is 4.31. The number of nitrogens with one attached hydrogen (secondary N) is 1. The zero-order valence-corrected chi connectivity index (χ0v) is 14.7. The van der Waals surface area contributed by atoms with Crippen molar-refractivity contribution in [2.75, 3.05) is 32.2 Å². The van der Waals surface area contributed by atoms with Gasteiger partial charge < -0.3 is 14.8 Å². The quantitative estimate of drug-likeness (QED) is 0.864. The van der Waals surface area contributed by atoms with E-state index in [0.717, 1.165) is 37.1 Å². The van der Waals surface area contributed by atoms with Crippen molar-refractivity contribution < 1.29 is 9.47 Å². The molecule has 5 nitrogen and oxygen atoms in total. The van der Waals surface area contributed by atoms with Gasteiger partial charge in [-0.25, -0.2) is 4.98 Å². The van der Waals surface area contributed by atoms with Gasteiger partial charge in [0.25, 0.3) is 0 Å². The molecule has 1 fully saturated rings. The fourth-order valence-corrected chi connectivity index (χ4v) is 3.34. The number of hydrogen-bond donors (Lipinski definition) is 1. The van der Waals surface area contributed by atoms with Gasteiger partial charge in [0, 0.05) is 41.9 Å². The van der Waals surface area contributed by atoms with Gasteiger partial charge >= 0.3 is 0 Å². The van der Waals surface area contributed by atoms with Crippen molar-refractivity contribution in [3.05, 3.63) is 46.6 Å². The smallest absolute Gasteiger partial charge is 0.225 e. The Kier molecular flexibility index (Phi) is 5.13. The van der Waals surface area contributed by atoms with Gasteiger partial charge in [-0.05, 0) is 30.5 Å². The molecule has 2 aromatic rings. The predicted octanol–water partition coefficient (Wildman–Crippen LogP) is 3.41. The van der Waals surface area contributed by atoms with Crippen molar-refractivity contribution in [3.8, 4) is 5.88 Å². The van der Waals surface area contributed by atoms with Gasteiger partial charge in [-0.1, -0.05) is 28.1 Å². The molecular formula is C17H20BrN3O2. The van der Waals surface area contributed by atoms with Gasteiger partial charge in [-0.15, -0.1) is 0 Å². The lowest BCUT2D eigenvalue weighted by Gasteiger charge is -2.38. The number of aromatic nitrogens is 2. The maximum Gasteiger partial charge on any atom is 0.225 e. The van der Waals surface area contributed by atoms with Crippen LogP contribution in [0.15, 0.2) is 41.0 Å². The first-order valence-electron chi connectivity index (χ1n) is 7.67. The molecule has 0 radical (unpaired) electrons. The average Bonchev–Trinajstić information content (AvgIpc) is 2.61. The topological polar surface area (TPSA) is 56.3 Å². The third kappa shape index (κ3) is 3.82. The van der Waals surface area contributed by atoms with Crippen molar-refractivity contribution in [1.29, 1.82) is 0 Å². The zero-order valence-electron chi connectivity index (χ0n) is 13.1. The Labute approximate surface area is 144 Å². The van der Waals surface area contributed by atoms with E-state index >= 15 is 0 Å². The summed E-state index contributed by atoms with van der Waals surface area (Å²) in [6.45, 7) is 2.31. The summed E-state index contributed by atoms with van der Waals surface area (Å²) >= 11 is 3.57. The monoisotopic (exact) mass is 377 g/mol. The zero-order chi connectivity index (χ0) is 16.1. The fourth-order valence-electron chi connectivity index (χ4n) is 2.94. The molecule has 23 heavy (non-hydrogen) atoms. The Bertz CT molecular complexity index is 660. The maximum absolute atomic E-state index is 5.57. The molecule has 2 heterocycles. The minimum absolute atomic E-state index is 0.0223. The SMILES string of the molecule is COc1ccnc(NCC2(c3cccc(Br)c3)CCOCC2)n1. The van der Waals surface area contributed by atoms with Crippen LogP contribution in [0.1, 0.15) is 18.4 Å². The summed E-state index contributed by atoms with van der Waals surface area (Å²) in [6.07, 6.45) is 3.64. The second-order valence-electron chi connectivity index (χ2n) is 5.68. The highest BCUT2D eigenvalue weighted by atomic mass is 79.9. The molecule has 1 N–H and O–H groups in total. The van der Waals surface area contributed by atoms with Crippen molar-refractivity contribution in [1.82, 2.24) is 9.97 Å². The second kappa shape index (κ2) is 7.27. The highest BCUT2D eigenvalue weighted by molar-refractivity contribution is 9.10. The number of nitrogens with zero attached hydrogens (tertiary/aromatic N) is 2. The Morgan fingerprint density at radius 3 is 2.87 bits per heavy atom. The van der Waals surface area contributed by atoms with E-state index in [-0.39, 0.29) is 5.41 Å². The number of anilines is 1. The lowest BCUT2D eigenvalue weighted by Crippen LogP contribution is -2.40. The highest BCUT2D eigenvalue weighted by Crippen LogP contribution is 2.36. The van der Waals surface area contributed by atoms with Crippen LogP contribution in [0.25, 0.3) is 0 Å². The summed E-state index contributed by atoms with van der Waals surface area (Å²) in [5.41, 5.74) is 1.33. The van der Waals surface area contributed by atoms with E-state index in [9.17, 15) is 0 Å². The molecule has 122 valence electrons. The van der Waals surface area contributed by atoms with Gasteiger partial charge in [0.1, 0.15) is 0 Å². The summed E-state index contributed by atoms with van der Waals surface area (Å²) < 4.78 is 11.8. The summed E-state index contributed by atoms with van der Waals surface area (Å²) in [7, 11) is 1.60. The van der Waals surface area contributed by atoms with Gasteiger partial charge in [-0.2, -0.15) is 4.98 Å². The summed E-state index contributed by atoms with van der Waals surface area (Å²) in [5, 5.41) is 3.37. The van der Waals surface area contributed by atoms with Gasteiger partial charge in [0.2, 0.25) is 11.8 Å². The molecule has 1 aliphatic rings. The van der Waals surface area contributed by atoms with Crippen LogP contribution in [0.2, 0.25) is 0 Å². The molecular weight excluding hydrogens is 358 g/mol. The minimum atomic E-state index is 0.0223. The van der Waals surface area contributed by atoms with Gasteiger partial charge in [0.15, 0.2) is 0 Å². The lowest BCUT2D eigenvalue weighted by atomic mass is 9.74. The number of ether oxygens (including phenoxy) is 2. The van der Waals surface area contributed by atoms with E-state index in [0.29, 0.717) is 11.8 Å². The molecule has 0 amide bonds. The van der Waals surface area contributed by atoms with Gasteiger partial charge in [-0.3, -0.25) is 0 Å². The number of benzene rings is 1. The largest absolute Gasteiger partial charge is 0.481 e. The summed E-state index contributed by atoms with van der Waals surface area (Å²) in [5.74, 6) is 1.15. The summed E-state index contributed by atoms with van der Waals surface area (Å²) in [4.78, 5) is 8.60. The van der Waals surface area contributed by atoms with Crippen LogP contribution in [0.5, 0.6) is 5.88 Å². The Hall–Kier alpha value is -1.66. The first-order valence-corrected chi connectivity index (χ1v) is 8.46. The molecule has 6 heteroatoms. The van der Waals surface area contributed by atoms with Crippen molar-refractivity contribution in [3.63, 3.8) is 0 Å². The molecule has 0 unspecified atom stereocenters. The lowest BCUT2D eigenvalue weighted by molar-refractivity contribution is 0.0543. The second-order valence-corrected chi connectivity index (χ2v) is 6.59. The van der Waals surface area contributed by atoms with E-state index in [1.54, 1.807) is 19.4 Å². The predicted molar refractivity (Wildman–Crippen MR) is 92.9 cm³/mol. The van der Waals surface area contributed by atoms with Crippen LogP contribution < -0.4 is 10.1 Å². The molecule has 0 atom stereocenters. The van der Waals surface area contributed by atoms with E-state index < -0.39 is 0 Å². The normalized spacial score (nSPS) is 16.8. The van der Waals surface area contributed by atoms with E-state index in [1.165, 1.54) is 5.56 Å². The molecule has 0 aliphatic carbocycles. The summed E-state index contributed by atoms with van der Waals surface area (Å²) in [6, 6.07) is 10.3. The minimum Gasteiger partial charge on any atom is -0.481 e. The Morgan fingerprint density at radius 1 is 1.30 bits per heavy atom. The van der Waals surface area contributed by atoms with Crippen LogP contribution >= 0.6 is 15.9 Å². The van der Waals surface area contributed by atoms with Gasteiger partial charge in [0.05, 0.1) is 7.11 Å². The Morgan fingerprint density at radius 2 is 2.13 bits per heavy atom. The standard InChI is InChI=1S/C17H20BrN3O2/c1-22-15-5-8-19-16(21-15)20-12-17(6-9-23-10-7-17)13-3-2-4-14(18)11-13/h2-5,8,11H,6-7,9-10,12H2,1H3,(H,19,20,21). The molecule has 1 aromatic heterocycles. The van der Waals surface area contributed by atoms with Crippen molar-refractivity contribution in [2.24, 2.45) is 0 Å². The number of halogens is 1. The number of hydrogen-bond acceptors (Lipinski definition) is 5. The maximum atomic E-state index is 5.57. The highest BCUT2D eigenvalue weighted by Gasteiger charge is 2.34. The first-order chi connectivity index (χ1) is 11.2. The molecule has 0 saturated carbocycles. The number of methoxy groups -OCH3 is 1. The van der Waals surface area contributed by atoms with Crippen LogP contribution in [-0.2, 0) is 10.2 Å². The number of rotatable bonds is 5. The van der Waals surface area contributed by atoms with Crippen LogP contribution in [0.4, 0.5) is 5.95 Å². The molecule has 0 bridgehead atoms. The third-order valence-corrected chi connectivity index (χ3v) is 4.80. The van der Waals surface area contributed by atoms with E-state index in [4.69, 9.17) is 9.47 Å². The average molecular weight is 378 g/mol. The Balaban J connectivity index is 1.82. The first kappa shape index (κ1) is 16.2. The van der Waals surface area contributed by atoms with Crippen LogP contribution in [0, 0.1) is 0 Å². The van der Waals surface area contributed by atoms with Crippen molar-refractivity contribution in [2.45, 2.75) is 18.3 Å². The fraction of sp³-hybridized carbons (Fsp3) is 0.412. The molecule has 0 spiro atoms. The van der Waals surface area contributed by atoms with E-state index in [1.807, 2.05) is 0 Å². The van der Waals surface area contributed by atoms with Crippen molar-refractivity contribution >= 4 is 21.9 Å². The molecule has 1 aromatic carbocycles. The molecule has 1 aliphatic heterocycles.